The van der Waals surface area contributed by atoms with E-state index in [1.165, 1.54) is 11.3 Å². The van der Waals surface area contributed by atoms with Crippen LogP contribution in [0.3, 0.4) is 0 Å². The van der Waals surface area contributed by atoms with Gasteiger partial charge in [0, 0.05) is 28.1 Å². The molecule has 100 valence electrons. The standard InChI is InChI=1S/C14H9ClN2O2S/c15-8-1-2-10-7(3-8)4-11-13(10)16-14-17(11)9(6-20-14)5-12(18)19/h1-3,6H,4-5H2,(H,18,19). The van der Waals surface area contributed by atoms with E-state index in [1.54, 1.807) is 0 Å². The molecule has 0 aliphatic heterocycles. The Morgan fingerprint density at radius 3 is 3.15 bits per heavy atom. The van der Waals surface area contributed by atoms with Crippen molar-refractivity contribution in [2.45, 2.75) is 12.8 Å². The van der Waals surface area contributed by atoms with Crippen LogP contribution in [0.15, 0.2) is 23.6 Å². The third-order valence-corrected chi connectivity index (χ3v) is 4.65. The summed E-state index contributed by atoms with van der Waals surface area (Å²) in [5.41, 5.74) is 5.05. The van der Waals surface area contributed by atoms with Gasteiger partial charge in [-0.25, -0.2) is 4.98 Å². The lowest BCUT2D eigenvalue weighted by Gasteiger charge is -2.00. The summed E-state index contributed by atoms with van der Waals surface area (Å²) in [4.78, 5) is 16.4. The average Bonchev–Trinajstić information content (AvgIpc) is 2.99. The number of carbonyl (C=O) groups is 1. The number of carboxylic acid groups (broad SMARTS) is 1. The fourth-order valence-corrected chi connectivity index (χ4v) is 3.86. The predicted octanol–water partition coefficient (Wildman–Crippen LogP) is 3.25. The zero-order valence-electron chi connectivity index (χ0n) is 10.3. The molecule has 2 aromatic heterocycles. The molecule has 3 aromatic rings. The SMILES string of the molecule is O=C(O)Cc1csc2nc3c(n12)Cc1cc(Cl)ccc1-3. The monoisotopic (exact) mass is 304 g/mol. The topological polar surface area (TPSA) is 54.6 Å². The van der Waals surface area contributed by atoms with Crippen LogP contribution in [0.5, 0.6) is 0 Å². The molecular formula is C14H9ClN2O2S. The van der Waals surface area contributed by atoms with Gasteiger partial charge in [0.15, 0.2) is 4.96 Å². The molecule has 4 rings (SSSR count). The first-order chi connectivity index (χ1) is 9.63. The largest absolute Gasteiger partial charge is 0.481 e. The van der Waals surface area contributed by atoms with Gasteiger partial charge in [-0.15, -0.1) is 11.3 Å². The summed E-state index contributed by atoms with van der Waals surface area (Å²) in [6.07, 6.45) is 0.760. The highest BCUT2D eigenvalue weighted by atomic mass is 35.5. The second-order valence-electron chi connectivity index (χ2n) is 4.80. The number of carboxylic acids is 1. The molecule has 4 nitrogen and oxygen atoms in total. The summed E-state index contributed by atoms with van der Waals surface area (Å²) >= 11 is 7.51. The molecule has 0 spiro atoms. The highest BCUT2D eigenvalue weighted by Crippen LogP contribution is 2.39. The zero-order valence-corrected chi connectivity index (χ0v) is 11.8. The minimum Gasteiger partial charge on any atom is -0.481 e. The molecule has 1 aromatic carbocycles. The van der Waals surface area contributed by atoms with E-state index in [0.29, 0.717) is 5.02 Å². The maximum Gasteiger partial charge on any atom is 0.309 e. The van der Waals surface area contributed by atoms with E-state index in [2.05, 4.69) is 4.98 Å². The van der Waals surface area contributed by atoms with Gasteiger partial charge in [0.05, 0.1) is 17.8 Å². The Bertz CT molecular complexity index is 866. The van der Waals surface area contributed by atoms with E-state index in [-0.39, 0.29) is 6.42 Å². The normalized spacial score (nSPS) is 12.7. The van der Waals surface area contributed by atoms with Gasteiger partial charge in [0.2, 0.25) is 0 Å². The van der Waals surface area contributed by atoms with Crippen molar-refractivity contribution in [1.29, 1.82) is 0 Å². The number of hydrogen-bond donors (Lipinski definition) is 1. The quantitative estimate of drug-likeness (QED) is 0.618. The number of benzene rings is 1. The third kappa shape index (κ3) is 1.60. The summed E-state index contributed by atoms with van der Waals surface area (Å²) in [7, 11) is 0. The molecular weight excluding hydrogens is 296 g/mol. The van der Waals surface area contributed by atoms with Gasteiger partial charge in [0.1, 0.15) is 0 Å². The molecule has 1 aliphatic rings. The summed E-state index contributed by atoms with van der Waals surface area (Å²) in [5.74, 6) is -0.828. The summed E-state index contributed by atoms with van der Waals surface area (Å²) in [5, 5.41) is 11.6. The Morgan fingerprint density at radius 1 is 1.50 bits per heavy atom. The van der Waals surface area contributed by atoms with Gasteiger partial charge in [-0.2, -0.15) is 0 Å². The van der Waals surface area contributed by atoms with Crippen LogP contribution in [0.4, 0.5) is 0 Å². The molecule has 1 N–H and O–H groups in total. The Balaban J connectivity index is 1.93. The van der Waals surface area contributed by atoms with Crippen LogP contribution in [0.25, 0.3) is 16.2 Å². The van der Waals surface area contributed by atoms with E-state index in [9.17, 15) is 4.79 Å². The van der Waals surface area contributed by atoms with E-state index >= 15 is 0 Å². The Hall–Kier alpha value is -1.85. The second-order valence-corrected chi connectivity index (χ2v) is 6.07. The van der Waals surface area contributed by atoms with E-state index in [1.807, 2.05) is 28.0 Å². The third-order valence-electron chi connectivity index (χ3n) is 3.54. The molecule has 1 aliphatic carbocycles. The first kappa shape index (κ1) is 11.9. The van der Waals surface area contributed by atoms with Crippen molar-refractivity contribution in [3.8, 4) is 11.3 Å². The lowest BCUT2D eigenvalue weighted by Crippen LogP contribution is -2.04. The van der Waals surface area contributed by atoms with E-state index in [4.69, 9.17) is 16.7 Å². The van der Waals surface area contributed by atoms with Gasteiger partial charge in [-0.3, -0.25) is 9.20 Å². The van der Waals surface area contributed by atoms with Gasteiger partial charge >= 0.3 is 5.97 Å². The Labute approximate surface area is 123 Å². The number of nitrogens with zero attached hydrogens (tertiary/aromatic N) is 2. The zero-order chi connectivity index (χ0) is 13.9. The van der Waals surface area contributed by atoms with E-state index in [0.717, 1.165) is 39.6 Å². The summed E-state index contributed by atoms with van der Waals surface area (Å²) < 4.78 is 1.97. The van der Waals surface area contributed by atoms with Crippen LogP contribution < -0.4 is 0 Å². The van der Waals surface area contributed by atoms with Crippen molar-refractivity contribution >= 4 is 33.9 Å². The molecule has 0 saturated carbocycles. The van der Waals surface area contributed by atoms with Crippen molar-refractivity contribution < 1.29 is 9.90 Å². The molecule has 0 fully saturated rings. The van der Waals surface area contributed by atoms with Crippen LogP contribution in [-0.4, -0.2) is 20.5 Å². The second kappa shape index (κ2) is 4.07. The number of halogens is 1. The molecule has 0 atom stereocenters. The maximum absolute atomic E-state index is 10.9. The molecule has 20 heavy (non-hydrogen) atoms. The van der Waals surface area contributed by atoms with Crippen LogP contribution in [0, 0.1) is 0 Å². The molecule has 0 saturated heterocycles. The van der Waals surface area contributed by atoms with Crippen LogP contribution in [0.2, 0.25) is 5.02 Å². The smallest absolute Gasteiger partial charge is 0.309 e. The minimum absolute atomic E-state index is 0.0138. The summed E-state index contributed by atoms with van der Waals surface area (Å²) in [6.45, 7) is 0. The maximum atomic E-state index is 10.9. The van der Waals surface area contributed by atoms with Gasteiger partial charge in [-0.05, 0) is 17.7 Å². The highest BCUT2D eigenvalue weighted by Gasteiger charge is 2.26. The number of rotatable bonds is 2. The van der Waals surface area contributed by atoms with Crippen molar-refractivity contribution in [2.24, 2.45) is 0 Å². The van der Waals surface area contributed by atoms with Crippen LogP contribution in [0.1, 0.15) is 17.0 Å². The molecule has 0 bridgehead atoms. The highest BCUT2D eigenvalue weighted by molar-refractivity contribution is 7.15. The van der Waals surface area contributed by atoms with Gasteiger partial charge in [0.25, 0.3) is 0 Å². The van der Waals surface area contributed by atoms with Crippen molar-refractivity contribution in [2.75, 3.05) is 0 Å². The van der Waals surface area contributed by atoms with Crippen molar-refractivity contribution in [3.63, 3.8) is 0 Å². The number of imidazole rings is 1. The number of aliphatic carboxylic acids is 1. The van der Waals surface area contributed by atoms with Crippen LogP contribution in [-0.2, 0) is 17.6 Å². The molecule has 2 heterocycles. The molecule has 0 unspecified atom stereocenters. The van der Waals surface area contributed by atoms with Crippen molar-refractivity contribution in [1.82, 2.24) is 9.38 Å². The summed E-state index contributed by atoms with van der Waals surface area (Å²) in [6, 6.07) is 5.80. The lowest BCUT2D eigenvalue weighted by atomic mass is 10.1. The van der Waals surface area contributed by atoms with Gasteiger partial charge in [-0.1, -0.05) is 17.7 Å². The van der Waals surface area contributed by atoms with E-state index < -0.39 is 5.97 Å². The molecule has 6 heteroatoms. The van der Waals surface area contributed by atoms with Gasteiger partial charge < -0.3 is 5.11 Å². The molecule has 0 radical (unpaired) electrons. The lowest BCUT2D eigenvalue weighted by molar-refractivity contribution is -0.136. The molecule has 0 amide bonds. The first-order valence-corrected chi connectivity index (χ1v) is 7.37. The number of fused-ring (bicyclic) bond motifs is 5. The fraction of sp³-hybridized carbons (Fsp3) is 0.143. The average molecular weight is 305 g/mol. The number of aromatic nitrogens is 2. The minimum atomic E-state index is -0.828. The number of thiazole rings is 1. The first-order valence-electron chi connectivity index (χ1n) is 6.12. The van der Waals surface area contributed by atoms with Crippen LogP contribution >= 0.6 is 22.9 Å². The Kier molecular flexibility index (Phi) is 2.43. The predicted molar refractivity (Wildman–Crippen MR) is 77.7 cm³/mol. The Morgan fingerprint density at radius 2 is 2.35 bits per heavy atom. The fourth-order valence-electron chi connectivity index (χ4n) is 2.75. The van der Waals surface area contributed by atoms with Crippen molar-refractivity contribution in [3.05, 3.63) is 45.6 Å². The number of hydrogen-bond acceptors (Lipinski definition) is 3.